The Bertz CT molecular complexity index is 566. The topological polar surface area (TPSA) is 49.2 Å². The van der Waals surface area contributed by atoms with Crippen LogP contribution in [0, 0.1) is 0 Å². The number of benzene rings is 1. The van der Waals surface area contributed by atoms with E-state index in [0.717, 1.165) is 21.3 Å². The maximum atomic E-state index is 5.42. The molecule has 0 spiro atoms. The molecule has 2 rings (SSSR count). The van der Waals surface area contributed by atoms with Crippen LogP contribution in [0.4, 0.5) is 0 Å². The second-order valence-electron chi connectivity index (χ2n) is 4.66. The molecule has 6 heteroatoms. The molecule has 0 aliphatic rings. The standard InChI is InChI=1S/C12H16BrN3O2/c1-12(2,18-4)7-16-11-8(13)5-6-9(17-3)10(11)14-15-16/h5-6H,7H2,1-4H3. The van der Waals surface area contributed by atoms with E-state index in [1.165, 1.54) is 0 Å². The fourth-order valence-corrected chi connectivity index (χ4v) is 2.25. The zero-order valence-corrected chi connectivity index (χ0v) is 12.5. The lowest BCUT2D eigenvalue weighted by Gasteiger charge is -2.22. The van der Waals surface area contributed by atoms with E-state index < -0.39 is 0 Å². The molecule has 0 fully saturated rings. The molecular weight excluding hydrogens is 298 g/mol. The molecule has 0 radical (unpaired) electrons. The van der Waals surface area contributed by atoms with Gasteiger partial charge in [-0.05, 0) is 41.9 Å². The lowest BCUT2D eigenvalue weighted by Crippen LogP contribution is -2.29. The molecule has 1 aromatic carbocycles. The van der Waals surface area contributed by atoms with Crippen LogP contribution in [0.2, 0.25) is 0 Å². The van der Waals surface area contributed by atoms with E-state index in [2.05, 4.69) is 26.2 Å². The smallest absolute Gasteiger partial charge is 0.156 e. The average Bonchev–Trinajstić information content (AvgIpc) is 2.74. The van der Waals surface area contributed by atoms with E-state index >= 15 is 0 Å². The summed E-state index contributed by atoms with van der Waals surface area (Å²) in [7, 11) is 3.32. The number of fused-ring (bicyclic) bond motifs is 1. The highest BCUT2D eigenvalue weighted by Gasteiger charge is 2.21. The number of halogens is 1. The molecule has 18 heavy (non-hydrogen) atoms. The summed E-state index contributed by atoms with van der Waals surface area (Å²) in [4.78, 5) is 0. The van der Waals surface area contributed by atoms with Gasteiger partial charge in [-0.15, -0.1) is 5.10 Å². The average molecular weight is 314 g/mol. The Kier molecular flexibility index (Phi) is 3.59. The SMILES string of the molecule is COc1ccc(Br)c2c1nnn2CC(C)(C)OC. The number of ether oxygens (including phenoxy) is 2. The van der Waals surface area contributed by atoms with E-state index in [9.17, 15) is 0 Å². The second-order valence-corrected chi connectivity index (χ2v) is 5.51. The highest BCUT2D eigenvalue weighted by atomic mass is 79.9. The highest BCUT2D eigenvalue weighted by Crippen LogP contribution is 2.30. The number of aromatic nitrogens is 3. The van der Waals surface area contributed by atoms with Gasteiger partial charge in [0.25, 0.3) is 0 Å². The first-order valence-electron chi connectivity index (χ1n) is 5.59. The summed E-state index contributed by atoms with van der Waals surface area (Å²) in [6, 6.07) is 3.80. The van der Waals surface area contributed by atoms with Crippen molar-refractivity contribution >= 4 is 27.0 Å². The third kappa shape index (κ3) is 2.35. The van der Waals surface area contributed by atoms with Crippen LogP contribution in [0.25, 0.3) is 11.0 Å². The predicted octanol–water partition coefficient (Wildman–Crippen LogP) is 2.63. The van der Waals surface area contributed by atoms with Gasteiger partial charge in [0.05, 0.1) is 19.3 Å². The molecule has 0 N–H and O–H groups in total. The van der Waals surface area contributed by atoms with Gasteiger partial charge in [-0.2, -0.15) is 0 Å². The molecular formula is C12H16BrN3O2. The van der Waals surface area contributed by atoms with E-state index in [-0.39, 0.29) is 5.60 Å². The number of rotatable bonds is 4. The van der Waals surface area contributed by atoms with Crippen LogP contribution >= 0.6 is 15.9 Å². The Balaban J connectivity index is 2.53. The van der Waals surface area contributed by atoms with Crippen LogP contribution < -0.4 is 4.74 Å². The van der Waals surface area contributed by atoms with Gasteiger partial charge in [0, 0.05) is 11.6 Å². The van der Waals surface area contributed by atoms with Gasteiger partial charge in [0.2, 0.25) is 0 Å². The Hall–Kier alpha value is -1.14. The Morgan fingerprint density at radius 3 is 2.67 bits per heavy atom. The Labute approximate surface area is 114 Å². The van der Waals surface area contributed by atoms with Crippen LogP contribution in [-0.4, -0.2) is 34.8 Å². The maximum Gasteiger partial charge on any atom is 0.156 e. The van der Waals surface area contributed by atoms with E-state index in [1.807, 2.05) is 30.7 Å². The molecule has 0 aliphatic carbocycles. The minimum atomic E-state index is -0.302. The summed E-state index contributed by atoms with van der Waals surface area (Å²) >= 11 is 3.52. The largest absolute Gasteiger partial charge is 0.494 e. The molecule has 0 aliphatic heterocycles. The van der Waals surface area contributed by atoms with Gasteiger partial charge >= 0.3 is 0 Å². The van der Waals surface area contributed by atoms with Crippen molar-refractivity contribution in [2.75, 3.05) is 14.2 Å². The van der Waals surface area contributed by atoms with Crippen molar-refractivity contribution in [3.05, 3.63) is 16.6 Å². The van der Waals surface area contributed by atoms with Crippen LogP contribution in [0.1, 0.15) is 13.8 Å². The normalized spacial score (nSPS) is 12.1. The fraction of sp³-hybridized carbons (Fsp3) is 0.500. The lowest BCUT2D eigenvalue weighted by molar-refractivity contribution is 0.00599. The van der Waals surface area contributed by atoms with Gasteiger partial charge < -0.3 is 9.47 Å². The van der Waals surface area contributed by atoms with Crippen molar-refractivity contribution in [1.82, 2.24) is 15.0 Å². The first kappa shape index (κ1) is 13.3. The van der Waals surface area contributed by atoms with Gasteiger partial charge in [-0.25, -0.2) is 4.68 Å². The van der Waals surface area contributed by atoms with Gasteiger partial charge in [-0.1, -0.05) is 5.21 Å². The fourth-order valence-electron chi connectivity index (χ4n) is 1.72. The van der Waals surface area contributed by atoms with Crippen molar-refractivity contribution in [1.29, 1.82) is 0 Å². The lowest BCUT2D eigenvalue weighted by atomic mass is 10.1. The third-order valence-electron chi connectivity index (χ3n) is 2.88. The zero-order chi connectivity index (χ0) is 13.3. The quantitative estimate of drug-likeness (QED) is 0.870. The highest BCUT2D eigenvalue weighted by molar-refractivity contribution is 9.10. The summed E-state index contributed by atoms with van der Waals surface area (Å²) in [5.41, 5.74) is 1.36. The maximum absolute atomic E-state index is 5.42. The van der Waals surface area contributed by atoms with Gasteiger partial charge in [-0.3, -0.25) is 0 Å². The molecule has 98 valence electrons. The Morgan fingerprint density at radius 1 is 1.33 bits per heavy atom. The van der Waals surface area contributed by atoms with Gasteiger partial charge in [0.15, 0.2) is 5.52 Å². The van der Waals surface area contributed by atoms with Crippen molar-refractivity contribution in [2.45, 2.75) is 26.0 Å². The predicted molar refractivity (Wildman–Crippen MR) is 72.9 cm³/mol. The molecule has 1 heterocycles. The monoisotopic (exact) mass is 313 g/mol. The number of hydrogen-bond donors (Lipinski definition) is 0. The van der Waals surface area contributed by atoms with Crippen molar-refractivity contribution in [3.8, 4) is 5.75 Å². The van der Waals surface area contributed by atoms with Crippen LogP contribution in [0.3, 0.4) is 0 Å². The molecule has 1 aromatic heterocycles. The van der Waals surface area contributed by atoms with Crippen molar-refractivity contribution in [3.63, 3.8) is 0 Å². The molecule has 0 saturated carbocycles. The van der Waals surface area contributed by atoms with E-state index in [4.69, 9.17) is 9.47 Å². The van der Waals surface area contributed by atoms with Crippen molar-refractivity contribution < 1.29 is 9.47 Å². The molecule has 5 nitrogen and oxygen atoms in total. The molecule has 0 saturated heterocycles. The summed E-state index contributed by atoms with van der Waals surface area (Å²) in [6.45, 7) is 4.63. The number of hydrogen-bond acceptors (Lipinski definition) is 4. The molecule has 0 amide bonds. The first-order chi connectivity index (χ1) is 8.48. The van der Waals surface area contributed by atoms with Gasteiger partial charge in [0.1, 0.15) is 11.3 Å². The molecule has 0 unspecified atom stereocenters. The van der Waals surface area contributed by atoms with E-state index in [1.54, 1.807) is 14.2 Å². The second kappa shape index (κ2) is 4.85. The zero-order valence-electron chi connectivity index (χ0n) is 10.9. The van der Waals surface area contributed by atoms with Crippen LogP contribution in [0.15, 0.2) is 16.6 Å². The molecule has 0 bridgehead atoms. The third-order valence-corrected chi connectivity index (χ3v) is 3.52. The minimum absolute atomic E-state index is 0.302. The first-order valence-corrected chi connectivity index (χ1v) is 6.38. The minimum Gasteiger partial charge on any atom is -0.494 e. The van der Waals surface area contributed by atoms with E-state index in [0.29, 0.717) is 6.54 Å². The summed E-state index contributed by atoms with van der Waals surface area (Å²) in [5.74, 6) is 0.717. The summed E-state index contributed by atoms with van der Waals surface area (Å²) < 4.78 is 13.5. The summed E-state index contributed by atoms with van der Waals surface area (Å²) in [5, 5.41) is 8.35. The van der Waals surface area contributed by atoms with Crippen molar-refractivity contribution in [2.24, 2.45) is 0 Å². The van der Waals surface area contributed by atoms with Crippen LogP contribution in [-0.2, 0) is 11.3 Å². The van der Waals surface area contributed by atoms with Crippen LogP contribution in [0.5, 0.6) is 5.75 Å². The summed E-state index contributed by atoms with van der Waals surface area (Å²) in [6.07, 6.45) is 0. The number of methoxy groups -OCH3 is 2. The molecule has 0 atom stereocenters. The molecule has 2 aromatic rings. The number of nitrogens with zero attached hydrogens (tertiary/aromatic N) is 3. The Morgan fingerprint density at radius 2 is 2.06 bits per heavy atom.